The van der Waals surface area contributed by atoms with E-state index in [9.17, 15) is 14.9 Å². The van der Waals surface area contributed by atoms with Gasteiger partial charge < -0.3 is 5.32 Å². The van der Waals surface area contributed by atoms with Crippen LogP contribution in [0.1, 0.15) is 52.0 Å². The summed E-state index contributed by atoms with van der Waals surface area (Å²) in [5.74, 6) is -0.157. The van der Waals surface area contributed by atoms with Crippen molar-refractivity contribution in [2.75, 3.05) is 5.32 Å². The summed E-state index contributed by atoms with van der Waals surface area (Å²) < 4.78 is 0. The number of amides is 1. The van der Waals surface area contributed by atoms with Crippen LogP contribution in [0.4, 0.5) is 16.4 Å². The fourth-order valence-corrected chi connectivity index (χ4v) is 5.03. The Bertz CT molecular complexity index is 1120. The Morgan fingerprint density at radius 2 is 1.81 bits per heavy atom. The number of nitro benzene ring substituents is 1. The molecule has 3 aromatic rings. The number of aryl methyl sites for hydroxylation is 1. The molecule has 1 aromatic heterocycles. The third-order valence-electron chi connectivity index (χ3n) is 5.32. The molecule has 0 radical (unpaired) electrons. The molecule has 2 aromatic carbocycles. The van der Waals surface area contributed by atoms with E-state index < -0.39 is 4.92 Å². The summed E-state index contributed by atoms with van der Waals surface area (Å²) >= 11 is 1.56. The topological polar surface area (TPSA) is 84.6 Å². The molecule has 0 aliphatic heterocycles. The number of thiophene rings is 1. The molecule has 0 atom stereocenters. The number of anilines is 1. The Morgan fingerprint density at radius 3 is 2.58 bits per heavy atom. The first-order chi connectivity index (χ1) is 15.1. The third-order valence-corrected chi connectivity index (χ3v) is 6.52. The number of carbonyl (C=O) groups excluding carboxylic acids is 1. The molecule has 0 bridgehead atoms. The maximum Gasteiger partial charge on any atom is 0.270 e. The number of hydrogen-bond acceptors (Lipinski definition) is 5. The molecule has 1 amide bonds. The van der Waals surface area contributed by atoms with Gasteiger partial charge in [-0.2, -0.15) is 0 Å². The van der Waals surface area contributed by atoms with Crippen molar-refractivity contribution in [3.05, 3.63) is 86.3 Å². The van der Waals surface area contributed by atoms with Crippen LogP contribution in [0.2, 0.25) is 0 Å². The van der Waals surface area contributed by atoms with Gasteiger partial charge in [0.2, 0.25) is 0 Å². The van der Waals surface area contributed by atoms with E-state index in [1.54, 1.807) is 29.7 Å². The minimum Gasteiger partial charge on any atom is -0.322 e. The molecule has 6 nitrogen and oxygen atoms in total. The number of aliphatic imine (C=N–C) groups is 1. The summed E-state index contributed by atoms with van der Waals surface area (Å²) in [4.78, 5) is 29.7. The molecule has 1 aliphatic rings. The third kappa shape index (κ3) is 5.06. The van der Waals surface area contributed by atoms with E-state index in [4.69, 9.17) is 0 Å². The molecule has 1 heterocycles. The largest absolute Gasteiger partial charge is 0.322 e. The molecule has 1 aliphatic carbocycles. The van der Waals surface area contributed by atoms with Gasteiger partial charge in [0.25, 0.3) is 11.6 Å². The van der Waals surface area contributed by atoms with Gasteiger partial charge in [-0.15, -0.1) is 11.3 Å². The number of nitro groups is 1. The zero-order chi connectivity index (χ0) is 21.6. The highest BCUT2D eigenvalue weighted by Crippen LogP contribution is 2.39. The number of fused-ring (bicyclic) bond motifs is 1. The van der Waals surface area contributed by atoms with E-state index in [0.717, 1.165) is 36.9 Å². The van der Waals surface area contributed by atoms with Crippen LogP contribution in [0, 0.1) is 10.1 Å². The van der Waals surface area contributed by atoms with Crippen LogP contribution < -0.4 is 5.32 Å². The van der Waals surface area contributed by atoms with Gasteiger partial charge in [-0.3, -0.25) is 14.9 Å². The van der Waals surface area contributed by atoms with Crippen LogP contribution in [-0.2, 0) is 12.8 Å². The van der Waals surface area contributed by atoms with Gasteiger partial charge in [0.05, 0.1) is 10.5 Å². The second-order valence-corrected chi connectivity index (χ2v) is 8.61. The van der Waals surface area contributed by atoms with Gasteiger partial charge in [-0.25, -0.2) is 4.99 Å². The van der Waals surface area contributed by atoms with Crippen molar-refractivity contribution in [1.82, 2.24) is 0 Å². The molecule has 0 saturated carbocycles. The standard InChI is InChI=1S/C24H23N3O3S/c28-23(26-18-10-4-3-5-11-18)22-20-13-6-1-2-7-14-21(20)31-24(22)25-16-17-9-8-12-19(15-17)27(29)30/h3-5,8-12,15-16H,1-2,6-7,13-14H2,(H,26,28). The van der Waals surface area contributed by atoms with Crippen molar-refractivity contribution >= 4 is 39.8 Å². The molecular formula is C24H23N3O3S. The minimum absolute atomic E-state index is 0.0180. The average molecular weight is 434 g/mol. The highest BCUT2D eigenvalue weighted by atomic mass is 32.1. The summed E-state index contributed by atoms with van der Waals surface area (Å²) in [7, 11) is 0. The van der Waals surface area contributed by atoms with Gasteiger partial charge in [0, 0.05) is 28.9 Å². The number of para-hydroxylation sites is 1. The number of hydrogen-bond donors (Lipinski definition) is 1. The lowest BCUT2D eigenvalue weighted by molar-refractivity contribution is -0.384. The van der Waals surface area contributed by atoms with Gasteiger partial charge >= 0.3 is 0 Å². The maximum absolute atomic E-state index is 13.3. The Hall–Kier alpha value is -3.32. The summed E-state index contributed by atoms with van der Waals surface area (Å²) in [5.41, 5.74) is 3.12. The van der Waals surface area contributed by atoms with Crippen LogP contribution in [0.5, 0.6) is 0 Å². The normalized spacial score (nSPS) is 13.9. The molecule has 7 heteroatoms. The van der Waals surface area contributed by atoms with Crippen molar-refractivity contribution in [2.45, 2.75) is 38.5 Å². The smallest absolute Gasteiger partial charge is 0.270 e. The van der Waals surface area contributed by atoms with Crippen molar-refractivity contribution in [2.24, 2.45) is 4.99 Å². The SMILES string of the molecule is O=C(Nc1ccccc1)c1c(N=Cc2cccc([N+](=O)[O-])c2)sc2c1CCCCCC2. The predicted molar refractivity (Wildman–Crippen MR) is 125 cm³/mol. The number of nitrogens with zero attached hydrogens (tertiary/aromatic N) is 2. The second kappa shape index (κ2) is 9.66. The lowest BCUT2D eigenvalue weighted by atomic mass is 9.96. The van der Waals surface area contributed by atoms with Crippen molar-refractivity contribution in [3.8, 4) is 0 Å². The lowest BCUT2D eigenvalue weighted by Crippen LogP contribution is -2.14. The molecular weight excluding hydrogens is 410 g/mol. The van der Waals surface area contributed by atoms with Crippen LogP contribution >= 0.6 is 11.3 Å². The first-order valence-corrected chi connectivity index (χ1v) is 11.2. The first-order valence-electron chi connectivity index (χ1n) is 10.4. The molecule has 0 fully saturated rings. The van der Waals surface area contributed by atoms with Crippen LogP contribution in [0.25, 0.3) is 0 Å². The number of nitrogens with one attached hydrogen (secondary N) is 1. The quantitative estimate of drug-likeness (QED) is 0.290. The van der Waals surface area contributed by atoms with Gasteiger partial charge in [0.15, 0.2) is 0 Å². The number of benzene rings is 2. The second-order valence-electron chi connectivity index (χ2n) is 7.53. The first kappa shape index (κ1) is 20.9. The van der Waals surface area contributed by atoms with Crippen LogP contribution in [0.15, 0.2) is 59.6 Å². The van der Waals surface area contributed by atoms with E-state index >= 15 is 0 Å². The minimum atomic E-state index is -0.424. The molecule has 0 saturated heterocycles. The predicted octanol–water partition coefficient (Wildman–Crippen LogP) is 6.32. The zero-order valence-corrected chi connectivity index (χ0v) is 17.9. The molecule has 0 spiro atoms. The molecule has 31 heavy (non-hydrogen) atoms. The molecule has 158 valence electrons. The summed E-state index contributed by atoms with van der Waals surface area (Å²) in [6.07, 6.45) is 7.97. The fraction of sp³-hybridized carbons (Fsp3) is 0.250. The van der Waals surface area contributed by atoms with Crippen LogP contribution in [0.3, 0.4) is 0 Å². The Kier molecular flexibility index (Phi) is 6.52. The molecule has 0 unspecified atom stereocenters. The average Bonchev–Trinajstić information content (AvgIpc) is 3.09. The van der Waals surface area contributed by atoms with E-state index in [0.29, 0.717) is 16.1 Å². The Morgan fingerprint density at radius 1 is 1.03 bits per heavy atom. The fourth-order valence-electron chi connectivity index (χ4n) is 3.80. The van der Waals surface area contributed by atoms with Gasteiger partial charge in [0.1, 0.15) is 5.00 Å². The Labute approximate surface area is 184 Å². The number of non-ortho nitro benzene ring substituents is 1. The van der Waals surface area contributed by atoms with Gasteiger partial charge in [-0.05, 0) is 48.9 Å². The monoisotopic (exact) mass is 433 g/mol. The lowest BCUT2D eigenvalue weighted by Gasteiger charge is -2.12. The van der Waals surface area contributed by atoms with Gasteiger partial charge in [-0.1, -0.05) is 43.2 Å². The summed E-state index contributed by atoms with van der Waals surface area (Å²) in [6, 6.07) is 15.7. The number of rotatable bonds is 5. The van der Waals surface area contributed by atoms with Crippen molar-refractivity contribution < 1.29 is 9.72 Å². The highest BCUT2D eigenvalue weighted by Gasteiger charge is 2.24. The molecule has 1 N–H and O–H groups in total. The van der Waals surface area contributed by atoms with E-state index in [2.05, 4.69) is 10.3 Å². The summed E-state index contributed by atoms with van der Waals surface area (Å²) in [6.45, 7) is 0. The number of carbonyl (C=O) groups is 1. The van der Waals surface area contributed by atoms with Crippen LogP contribution in [-0.4, -0.2) is 17.0 Å². The van der Waals surface area contributed by atoms with E-state index in [-0.39, 0.29) is 11.6 Å². The van der Waals surface area contributed by atoms with Crippen molar-refractivity contribution in [3.63, 3.8) is 0 Å². The highest BCUT2D eigenvalue weighted by molar-refractivity contribution is 7.16. The summed E-state index contributed by atoms with van der Waals surface area (Å²) in [5, 5.41) is 14.7. The zero-order valence-electron chi connectivity index (χ0n) is 17.0. The van der Waals surface area contributed by atoms with Crippen molar-refractivity contribution in [1.29, 1.82) is 0 Å². The van der Waals surface area contributed by atoms with E-state index in [1.165, 1.54) is 29.9 Å². The van der Waals surface area contributed by atoms with E-state index in [1.807, 2.05) is 30.3 Å². The Balaban J connectivity index is 1.70. The molecule has 4 rings (SSSR count). The maximum atomic E-state index is 13.3.